The lowest BCUT2D eigenvalue weighted by Crippen LogP contribution is -2.31. The minimum absolute atomic E-state index is 0.224. The Bertz CT molecular complexity index is 1090. The second kappa shape index (κ2) is 8.62. The monoisotopic (exact) mass is 422 g/mol. The number of aliphatic imine (C=N–C) groups is 1. The Morgan fingerprint density at radius 3 is 2.53 bits per heavy atom. The highest BCUT2D eigenvalue weighted by atomic mass is 32.1. The first kappa shape index (κ1) is 21.4. The van der Waals surface area contributed by atoms with Gasteiger partial charge >= 0.3 is 0 Å². The van der Waals surface area contributed by atoms with Gasteiger partial charge in [0.15, 0.2) is 5.82 Å². The quantitative estimate of drug-likeness (QED) is 0.549. The second-order valence-corrected chi connectivity index (χ2v) is 8.35. The van der Waals surface area contributed by atoms with E-state index in [2.05, 4.69) is 54.6 Å². The van der Waals surface area contributed by atoms with Crippen molar-refractivity contribution in [3.05, 3.63) is 71.0 Å². The maximum atomic E-state index is 5.76. The standard InChI is InChI=1S/C22H26N6OS/c1-13(2)22(5,21-27-20(29-28-21)19-14(3)26-12-30-19)18-8-6-16(7-9-18)17(10-23)11-25-15(4)24/h6-13H,4,23-24H2,1-3,5H3/b17-10+,25-11?. The normalized spacial score (nSPS) is 14.4. The predicted molar refractivity (Wildman–Crippen MR) is 122 cm³/mol. The third-order valence-corrected chi connectivity index (χ3v) is 6.27. The predicted octanol–water partition coefficient (Wildman–Crippen LogP) is 4.26. The van der Waals surface area contributed by atoms with Crippen molar-refractivity contribution in [2.24, 2.45) is 22.4 Å². The Morgan fingerprint density at radius 1 is 1.30 bits per heavy atom. The van der Waals surface area contributed by atoms with Crippen LogP contribution in [0.15, 0.2) is 57.9 Å². The number of nitrogens with zero attached hydrogens (tertiary/aromatic N) is 4. The van der Waals surface area contributed by atoms with E-state index in [0.29, 0.717) is 11.7 Å². The number of thiazole rings is 1. The molecule has 0 saturated carbocycles. The SMILES string of the molecule is C=C(N)N=C/C(=C\N)c1ccc(C(C)(c2noc(-c3scnc3C)n2)C(C)C)cc1. The largest absolute Gasteiger partial charge is 0.404 e. The van der Waals surface area contributed by atoms with Gasteiger partial charge in [-0.2, -0.15) is 4.98 Å². The lowest BCUT2D eigenvalue weighted by Gasteiger charge is -2.31. The summed E-state index contributed by atoms with van der Waals surface area (Å²) in [6.45, 7) is 11.9. The van der Waals surface area contributed by atoms with Crippen LogP contribution in [0.5, 0.6) is 0 Å². The molecule has 1 unspecified atom stereocenters. The van der Waals surface area contributed by atoms with Gasteiger partial charge in [0.2, 0.25) is 0 Å². The van der Waals surface area contributed by atoms with Crippen molar-refractivity contribution >= 4 is 23.1 Å². The summed E-state index contributed by atoms with van der Waals surface area (Å²) in [4.78, 5) is 13.9. The van der Waals surface area contributed by atoms with Crippen LogP contribution in [-0.2, 0) is 5.41 Å². The van der Waals surface area contributed by atoms with Crippen molar-refractivity contribution in [1.82, 2.24) is 15.1 Å². The minimum Gasteiger partial charge on any atom is -0.404 e. The van der Waals surface area contributed by atoms with Gasteiger partial charge in [-0.25, -0.2) is 9.98 Å². The summed E-state index contributed by atoms with van der Waals surface area (Å²) in [5.74, 6) is 1.59. The van der Waals surface area contributed by atoms with E-state index >= 15 is 0 Å². The van der Waals surface area contributed by atoms with Crippen molar-refractivity contribution in [1.29, 1.82) is 0 Å². The van der Waals surface area contributed by atoms with Crippen LogP contribution in [-0.4, -0.2) is 21.3 Å². The number of rotatable bonds is 7. The van der Waals surface area contributed by atoms with E-state index in [4.69, 9.17) is 21.0 Å². The van der Waals surface area contributed by atoms with Crippen LogP contribution < -0.4 is 11.5 Å². The highest BCUT2D eigenvalue weighted by Gasteiger charge is 2.37. The molecule has 0 aliphatic rings. The van der Waals surface area contributed by atoms with Crippen LogP contribution in [0, 0.1) is 12.8 Å². The molecule has 0 amide bonds. The fourth-order valence-electron chi connectivity index (χ4n) is 3.13. The molecule has 0 fully saturated rings. The van der Waals surface area contributed by atoms with Crippen LogP contribution in [0.1, 0.15) is 43.4 Å². The summed E-state index contributed by atoms with van der Waals surface area (Å²) >= 11 is 1.49. The zero-order valence-electron chi connectivity index (χ0n) is 17.6. The summed E-state index contributed by atoms with van der Waals surface area (Å²) in [5, 5.41) is 4.32. The summed E-state index contributed by atoms with van der Waals surface area (Å²) in [6, 6.07) is 8.10. The van der Waals surface area contributed by atoms with E-state index in [1.54, 1.807) is 11.7 Å². The fourth-order valence-corrected chi connectivity index (χ4v) is 3.85. The zero-order chi connectivity index (χ0) is 21.9. The molecule has 8 heteroatoms. The highest BCUT2D eigenvalue weighted by Crippen LogP contribution is 2.39. The van der Waals surface area contributed by atoms with Gasteiger partial charge in [-0.05, 0) is 30.9 Å². The van der Waals surface area contributed by atoms with Gasteiger partial charge in [0, 0.05) is 18.0 Å². The topological polar surface area (TPSA) is 116 Å². The Morgan fingerprint density at radius 2 is 2.00 bits per heavy atom. The Kier molecular flexibility index (Phi) is 6.17. The first-order valence-corrected chi connectivity index (χ1v) is 10.4. The summed E-state index contributed by atoms with van der Waals surface area (Å²) in [5.41, 5.74) is 16.2. The van der Waals surface area contributed by atoms with E-state index in [1.165, 1.54) is 17.5 Å². The maximum Gasteiger partial charge on any atom is 0.269 e. The summed E-state index contributed by atoms with van der Waals surface area (Å²) in [6.07, 6.45) is 3.09. The van der Waals surface area contributed by atoms with Gasteiger partial charge in [0.05, 0.1) is 16.6 Å². The first-order valence-electron chi connectivity index (χ1n) is 9.53. The number of aryl methyl sites for hydroxylation is 1. The lowest BCUT2D eigenvalue weighted by atomic mass is 9.72. The number of allylic oxidation sites excluding steroid dienone is 1. The fraction of sp³-hybridized carbons (Fsp3) is 0.273. The Balaban J connectivity index is 1.98. The van der Waals surface area contributed by atoms with Gasteiger partial charge in [0.25, 0.3) is 5.89 Å². The van der Waals surface area contributed by atoms with Crippen LogP contribution in [0.25, 0.3) is 16.3 Å². The van der Waals surface area contributed by atoms with Gasteiger partial charge < -0.3 is 16.0 Å². The average Bonchev–Trinajstić information content (AvgIpc) is 3.37. The van der Waals surface area contributed by atoms with E-state index in [-0.39, 0.29) is 11.7 Å². The number of benzene rings is 1. The van der Waals surface area contributed by atoms with E-state index in [1.807, 2.05) is 19.1 Å². The molecule has 0 aliphatic heterocycles. The molecule has 4 N–H and O–H groups in total. The second-order valence-electron chi connectivity index (χ2n) is 7.50. The van der Waals surface area contributed by atoms with Gasteiger partial charge in [-0.15, -0.1) is 11.3 Å². The third-order valence-electron chi connectivity index (χ3n) is 5.35. The zero-order valence-corrected chi connectivity index (χ0v) is 18.4. The third kappa shape index (κ3) is 4.04. The van der Waals surface area contributed by atoms with Crippen molar-refractivity contribution < 1.29 is 4.52 Å². The molecule has 3 rings (SSSR count). The molecule has 3 aromatic rings. The minimum atomic E-state index is -0.439. The number of aromatic nitrogens is 3. The van der Waals surface area contributed by atoms with Crippen LogP contribution in [0.4, 0.5) is 0 Å². The molecule has 30 heavy (non-hydrogen) atoms. The molecule has 1 atom stereocenters. The van der Waals surface area contributed by atoms with Crippen LogP contribution >= 0.6 is 11.3 Å². The van der Waals surface area contributed by atoms with E-state index in [0.717, 1.165) is 27.3 Å². The summed E-state index contributed by atoms with van der Waals surface area (Å²) in [7, 11) is 0. The molecule has 7 nitrogen and oxygen atoms in total. The Labute approximate surface area is 180 Å². The van der Waals surface area contributed by atoms with Crippen molar-refractivity contribution in [2.75, 3.05) is 0 Å². The molecule has 0 radical (unpaired) electrons. The first-order chi connectivity index (χ1) is 14.3. The molecule has 0 bridgehead atoms. The molecular weight excluding hydrogens is 396 g/mol. The average molecular weight is 423 g/mol. The molecule has 0 spiro atoms. The lowest BCUT2D eigenvalue weighted by molar-refractivity contribution is 0.351. The van der Waals surface area contributed by atoms with E-state index in [9.17, 15) is 0 Å². The highest BCUT2D eigenvalue weighted by molar-refractivity contribution is 7.13. The number of nitrogens with two attached hydrogens (primary N) is 2. The number of hydrogen-bond acceptors (Lipinski definition) is 8. The molecular formula is C22H26N6OS. The molecule has 2 heterocycles. The van der Waals surface area contributed by atoms with Gasteiger partial charge in [0.1, 0.15) is 10.7 Å². The maximum absolute atomic E-state index is 5.76. The molecule has 1 aromatic carbocycles. The van der Waals surface area contributed by atoms with Crippen molar-refractivity contribution in [2.45, 2.75) is 33.1 Å². The smallest absolute Gasteiger partial charge is 0.269 e. The van der Waals surface area contributed by atoms with Crippen LogP contribution in [0.2, 0.25) is 0 Å². The van der Waals surface area contributed by atoms with Crippen molar-refractivity contribution in [3.63, 3.8) is 0 Å². The number of hydrogen-bond donors (Lipinski definition) is 2. The molecule has 156 valence electrons. The van der Waals surface area contributed by atoms with Crippen molar-refractivity contribution in [3.8, 4) is 10.8 Å². The molecule has 2 aromatic heterocycles. The summed E-state index contributed by atoms with van der Waals surface area (Å²) < 4.78 is 5.59. The van der Waals surface area contributed by atoms with Crippen LogP contribution in [0.3, 0.4) is 0 Å². The molecule has 0 aliphatic carbocycles. The van der Waals surface area contributed by atoms with Gasteiger partial charge in [-0.3, -0.25) is 0 Å². The molecule has 0 saturated heterocycles. The van der Waals surface area contributed by atoms with E-state index < -0.39 is 5.41 Å². The van der Waals surface area contributed by atoms with Gasteiger partial charge in [-0.1, -0.05) is 49.8 Å². The Hall–Kier alpha value is -3.26.